The molecule has 0 aliphatic heterocycles. The zero-order valence-electron chi connectivity index (χ0n) is 10.1. The van der Waals surface area contributed by atoms with E-state index in [2.05, 4.69) is 52.0 Å². The Morgan fingerprint density at radius 1 is 1.20 bits per heavy atom. The highest BCUT2D eigenvalue weighted by atomic mass is 32.2. The highest BCUT2D eigenvalue weighted by molar-refractivity contribution is 7.99. The lowest BCUT2D eigenvalue weighted by Crippen LogP contribution is -2.37. The third-order valence-electron chi connectivity index (χ3n) is 2.56. The predicted octanol–water partition coefficient (Wildman–Crippen LogP) is 3.46. The third-order valence-corrected chi connectivity index (χ3v) is 3.69. The Kier molecular flexibility index (Phi) is 4.23. The third kappa shape index (κ3) is 4.27. The smallest absolute Gasteiger partial charge is 0.0183 e. The van der Waals surface area contributed by atoms with Gasteiger partial charge in [-0.05, 0) is 24.5 Å². The van der Waals surface area contributed by atoms with Crippen molar-refractivity contribution in [3.8, 4) is 0 Å². The second-order valence-corrected chi connectivity index (χ2v) is 6.19. The van der Waals surface area contributed by atoms with Gasteiger partial charge in [-0.3, -0.25) is 0 Å². The van der Waals surface area contributed by atoms with Crippen molar-refractivity contribution in [1.82, 2.24) is 0 Å². The van der Waals surface area contributed by atoms with E-state index in [1.54, 1.807) is 0 Å². The molecule has 0 fully saturated rings. The molecule has 0 heterocycles. The van der Waals surface area contributed by atoms with Crippen LogP contribution in [0.25, 0.3) is 0 Å². The zero-order chi connectivity index (χ0) is 11.5. The molecule has 1 rings (SSSR count). The Morgan fingerprint density at radius 2 is 1.73 bits per heavy atom. The molecule has 2 N–H and O–H groups in total. The lowest BCUT2D eigenvalue weighted by Gasteiger charge is -2.26. The molecular formula is C13H21NS. The molecule has 0 bridgehead atoms. The summed E-state index contributed by atoms with van der Waals surface area (Å²) < 4.78 is 0. The minimum atomic E-state index is 0.192. The second-order valence-electron chi connectivity index (χ2n) is 5.10. The van der Waals surface area contributed by atoms with Crippen LogP contribution in [0.5, 0.6) is 0 Å². The van der Waals surface area contributed by atoms with Crippen molar-refractivity contribution < 1.29 is 0 Å². The first-order valence-corrected chi connectivity index (χ1v) is 6.33. The Balaban J connectivity index is 2.47. The largest absolute Gasteiger partial charge is 0.326 e. The summed E-state index contributed by atoms with van der Waals surface area (Å²) in [6.07, 6.45) is 0. The first-order valence-electron chi connectivity index (χ1n) is 5.34. The van der Waals surface area contributed by atoms with Gasteiger partial charge in [-0.1, -0.05) is 38.5 Å². The molecule has 1 aromatic carbocycles. The molecule has 1 unspecified atom stereocenters. The van der Waals surface area contributed by atoms with Crippen LogP contribution >= 0.6 is 11.8 Å². The van der Waals surface area contributed by atoms with Gasteiger partial charge in [0.15, 0.2) is 0 Å². The van der Waals surface area contributed by atoms with Gasteiger partial charge in [-0.25, -0.2) is 0 Å². The first-order chi connectivity index (χ1) is 6.89. The Morgan fingerprint density at radius 3 is 2.20 bits per heavy atom. The van der Waals surface area contributed by atoms with Crippen LogP contribution < -0.4 is 5.73 Å². The normalized spacial score (nSPS) is 13.9. The van der Waals surface area contributed by atoms with Gasteiger partial charge in [0.2, 0.25) is 0 Å². The monoisotopic (exact) mass is 223 g/mol. The molecule has 0 aliphatic carbocycles. The average molecular weight is 223 g/mol. The van der Waals surface area contributed by atoms with E-state index in [4.69, 9.17) is 5.73 Å². The van der Waals surface area contributed by atoms with Gasteiger partial charge in [0.1, 0.15) is 0 Å². The lowest BCUT2D eigenvalue weighted by atomic mass is 9.89. The molecule has 0 amide bonds. The molecule has 15 heavy (non-hydrogen) atoms. The standard InChI is InChI=1S/C13H21NS/c1-10-5-7-11(8-6-10)15-9-12(14)13(2,3)4/h5-8,12H,9,14H2,1-4H3. The van der Waals surface area contributed by atoms with E-state index in [9.17, 15) is 0 Å². The maximum atomic E-state index is 6.11. The van der Waals surface area contributed by atoms with E-state index in [1.165, 1.54) is 10.5 Å². The quantitative estimate of drug-likeness (QED) is 0.794. The van der Waals surface area contributed by atoms with Crippen molar-refractivity contribution in [2.45, 2.75) is 38.6 Å². The SMILES string of the molecule is Cc1ccc(SCC(N)C(C)(C)C)cc1. The molecule has 0 spiro atoms. The van der Waals surface area contributed by atoms with Gasteiger partial charge < -0.3 is 5.73 Å². The first kappa shape index (κ1) is 12.6. The van der Waals surface area contributed by atoms with Gasteiger partial charge in [0.05, 0.1) is 0 Å². The fourth-order valence-corrected chi connectivity index (χ4v) is 2.27. The van der Waals surface area contributed by atoms with Gasteiger partial charge in [-0.15, -0.1) is 11.8 Å². The summed E-state index contributed by atoms with van der Waals surface area (Å²) in [5.41, 5.74) is 7.60. The molecule has 84 valence electrons. The van der Waals surface area contributed by atoms with Crippen molar-refractivity contribution >= 4 is 11.8 Å². The molecule has 1 nitrogen and oxygen atoms in total. The number of hydrogen-bond acceptors (Lipinski definition) is 2. The van der Waals surface area contributed by atoms with Crippen LogP contribution in [0.3, 0.4) is 0 Å². The minimum Gasteiger partial charge on any atom is -0.326 e. The predicted molar refractivity (Wildman–Crippen MR) is 69.3 cm³/mol. The van der Waals surface area contributed by atoms with Crippen molar-refractivity contribution in [2.75, 3.05) is 5.75 Å². The number of benzene rings is 1. The summed E-state index contributed by atoms with van der Waals surface area (Å²) in [5.74, 6) is 0.979. The van der Waals surface area contributed by atoms with E-state index in [-0.39, 0.29) is 11.5 Å². The Hall–Kier alpha value is -0.470. The van der Waals surface area contributed by atoms with E-state index in [1.807, 2.05) is 11.8 Å². The fourth-order valence-electron chi connectivity index (χ4n) is 1.07. The van der Waals surface area contributed by atoms with Crippen molar-refractivity contribution in [3.63, 3.8) is 0 Å². The van der Waals surface area contributed by atoms with Gasteiger partial charge >= 0.3 is 0 Å². The molecule has 0 aromatic heterocycles. The molecule has 0 aliphatic rings. The highest BCUT2D eigenvalue weighted by Crippen LogP contribution is 2.25. The summed E-state index contributed by atoms with van der Waals surface area (Å²) in [6.45, 7) is 8.67. The fraction of sp³-hybridized carbons (Fsp3) is 0.538. The lowest BCUT2D eigenvalue weighted by molar-refractivity contribution is 0.344. The number of aryl methyl sites for hydroxylation is 1. The topological polar surface area (TPSA) is 26.0 Å². The van der Waals surface area contributed by atoms with Crippen molar-refractivity contribution in [3.05, 3.63) is 29.8 Å². The maximum absolute atomic E-state index is 6.11. The number of rotatable bonds is 3. The average Bonchev–Trinajstić information content (AvgIpc) is 2.15. The number of thioether (sulfide) groups is 1. The summed E-state index contributed by atoms with van der Waals surface area (Å²) in [5, 5.41) is 0. The number of nitrogens with two attached hydrogens (primary N) is 1. The molecule has 0 radical (unpaired) electrons. The minimum absolute atomic E-state index is 0.192. The van der Waals surface area contributed by atoms with E-state index in [0.717, 1.165) is 5.75 Å². The molecule has 1 atom stereocenters. The van der Waals surface area contributed by atoms with Crippen LogP contribution in [-0.2, 0) is 0 Å². The van der Waals surface area contributed by atoms with Crippen LogP contribution in [0.4, 0.5) is 0 Å². The molecular weight excluding hydrogens is 202 g/mol. The van der Waals surface area contributed by atoms with Crippen molar-refractivity contribution in [2.24, 2.45) is 11.1 Å². The van der Waals surface area contributed by atoms with Crippen LogP contribution in [0.15, 0.2) is 29.2 Å². The molecule has 2 heteroatoms. The van der Waals surface area contributed by atoms with E-state index in [0.29, 0.717) is 0 Å². The van der Waals surface area contributed by atoms with Crippen LogP contribution in [0.1, 0.15) is 26.3 Å². The summed E-state index contributed by atoms with van der Waals surface area (Å²) in [7, 11) is 0. The maximum Gasteiger partial charge on any atom is 0.0183 e. The van der Waals surface area contributed by atoms with Crippen LogP contribution in [0.2, 0.25) is 0 Å². The Labute approximate surface area is 97.4 Å². The van der Waals surface area contributed by atoms with E-state index >= 15 is 0 Å². The summed E-state index contributed by atoms with van der Waals surface area (Å²) >= 11 is 1.84. The zero-order valence-corrected chi connectivity index (χ0v) is 10.9. The van der Waals surface area contributed by atoms with Gasteiger partial charge in [-0.2, -0.15) is 0 Å². The van der Waals surface area contributed by atoms with Crippen LogP contribution in [0, 0.1) is 12.3 Å². The second kappa shape index (κ2) is 5.04. The molecule has 0 saturated heterocycles. The highest BCUT2D eigenvalue weighted by Gasteiger charge is 2.20. The molecule has 0 saturated carbocycles. The Bertz CT molecular complexity index is 297. The van der Waals surface area contributed by atoms with E-state index < -0.39 is 0 Å². The summed E-state index contributed by atoms with van der Waals surface area (Å²) in [4.78, 5) is 1.31. The van der Waals surface area contributed by atoms with Crippen LogP contribution in [-0.4, -0.2) is 11.8 Å². The number of hydrogen-bond donors (Lipinski definition) is 1. The van der Waals surface area contributed by atoms with Gasteiger partial charge in [0, 0.05) is 16.7 Å². The molecule has 1 aromatic rings. The van der Waals surface area contributed by atoms with Gasteiger partial charge in [0.25, 0.3) is 0 Å². The van der Waals surface area contributed by atoms with Crippen molar-refractivity contribution in [1.29, 1.82) is 0 Å². The summed E-state index contributed by atoms with van der Waals surface area (Å²) in [6, 6.07) is 8.85.